The number of alkyl halides is 3. The van der Waals surface area contributed by atoms with Gasteiger partial charge in [-0.15, -0.1) is 11.3 Å². The molecule has 10 heteroatoms. The predicted octanol–water partition coefficient (Wildman–Crippen LogP) is 8.59. The lowest BCUT2D eigenvalue weighted by Crippen LogP contribution is -2.67. The van der Waals surface area contributed by atoms with Crippen molar-refractivity contribution in [1.82, 2.24) is 14.8 Å². The Morgan fingerprint density at radius 3 is 2.25 bits per heavy atom. The summed E-state index contributed by atoms with van der Waals surface area (Å²) in [5.74, 6) is -3.15. The van der Waals surface area contributed by atoms with Gasteiger partial charge in [0.25, 0.3) is 14.2 Å². The maximum atomic E-state index is 16.8. The van der Waals surface area contributed by atoms with E-state index in [1.807, 2.05) is 89.8 Å². The maximum Gasteiger partial charge on any atom is 0.282 e. The lowest BCUT2D eigenvalue weighted by atomic mass is 9.91. The van der Waals surface area contributed by atoms with Gasteiger partial charge in [0.1, 0.15) is 6.10 Å². The number of para-hydroxylation sites is 1. The molecular weight excluding hydrogens is 696 g/mol. The number of fused-ring (bicyclic) bond motifs is 3. The molecule has 5 nitrogen and oxygen atoms in total. The Kier molecular flexibility index (Phi) is 10.8. The maximum absolute atomic E-state index is 16.8. The molecule has 0 amide bonds. The minimum absolute atomic E-state index is 0.0269. The monoisotopic (exact) mass is 745 g/mol. The first-order valence-electron chi connectivity index (χ1n) is 18.5. The highest BCUT2D eigenvalue weighted by molar-refractivity contribution is 7.14. The molecule has 2 aromatic heterocycles. The van der Waals surface area contributed by atoms with Crippen molar-refractivity contribution >= 4 is 40.9 Å². The second-order valence-electron chi connectivity index (χ2n) is 15.5. The molecule has 5 aromatic rings. The Labute approximate surface area is 310 Å². The second-order valence-corrected chi connectivity index (χ2v) is 20.9. The van der Waals surface area contributed by atoms with Crippen LogP contribution in [-0.4, -0.2) is 80.6 Å². The molecule has 7 rings (SSSR count). The smallest absolute Gasteiger partial charge is 0.282 e. The first-order chi connectivity index (χ1) is 25.0. The Hall–Kier alpha value is -3.41. The summed E-state index contributed by atoms with van der Waals surface area (Å²) in [6.07, 6.45) is 2.11. The summed E-state index contributed by atoms with van der Waals surface area (Å²) in [5.41, 5.74) is 3.17. The summed E-state index contributed by atoms with van der Waals surface area (Å²) in [6.45, 7) is 9.34. The molecule has 3 aromatic carbocycles. The van der Waals surface area contributed by atoms with E-state index in [-0.39, 0.29) is 18.8 Å². The quantitative estimate of drug-likeness (QED) is 0.123. The summed E-state index contributed by atoms with van der Waals surface area (Å²) >= 11 is 1.53. The second kappa shape index (κ2) is 15.1. The third-order valence-corrected chi connectivity index (χ3v) is 16.9. The van der Waals surface area contributed by atoms with Gasteiger partial charge in [-0.25, -0.2) is 8.78 Å². The highest BCUT2D eigenvalue weighted by atomic mass is 32.1. The molecule has 0 unspecified atom stereocenters. The lowest BCUT2D eigenvalue weighted by Gasteiger charge is -2.45. The number of nitrogens with one attached hydrogen (secondary N) is 1. The van der Waals surface area contributed by atoms with Crippen molar-refractivity contribution in [3.63, 3.8) is 0 Å². The first kappa shape index (κ1) is 36.9. The molecule has 2 aliphatic rings. The van der Waals surface area contributed by atoms with Gasteiger partial charge in [0.05, 0.1) is 25.9 Å². The van der Waals surface area contributed by atoms with Crippen LogP contribution in [0.5, 0.6) is 5.06 Å². The third-order valence-electron chi connectivity index (χ3n) is 10.8. The van der Waals surface area contributed by atoms with Crippen molar-refractivity contribution < 1.29 is 22.3 Å². The van der Waals surface area contributed by atoms with E-state index in [0.29, 0.717) is 12.8 Å². The number of hydrogen-bond donors (Lipinski definition) is 1. The van der Waals surface area contributed by atoms with Crippen LogP contribution < -0.4 is 15.1 Å². The van der Waals surface area contributed by atoms with Gasteiger partial charge in [0, 0.05) is 47.2 Å². The third kappa shape index (κ3) is 7.37. The molecule has 0 spiro atoms. The highest BCUT2D eigenvalue weighted by Crippen LogP contribution is 2.46. The van der Waals surface area contributed by atoms with E-state index < -0.39 is 38.5 Å². The zero-order valence-electron chi connectivity index (χ0n) is 30.6. The average Bonchev–Trinajstić information content (AvgIpc) is 3.87. The number of likely N-dealkylation sites (tertiary alicyclic amines) is 1. The number of hydrogen-bond acceptors (Lipinski definition) is 5. The molecule has 1 fully saturated rings. The van der Waals surface area contributed by atoms with Crippen LogP contribution in [0.2, 0.25) is 5.04 Å². The zero-order chi connectivity index (χ0) is 36.5. The molecular formula is C42H50F3N3O2SSi. The average molecular weight is 746 g/mol. The molecule has 1 saturated heterocycles. The molecule has 52 heavy (non-hydrogen) atoms. The SMILES string of the molecule is C[C@@H]1Cc2c([nH]c3ccccc23)[C@@H](c2ccc(O[C@@H]3CCN(CCCF)C3)s2)N1CC(F)(F)CO[Si](c1ccccc1)(c1ccccc1)C(C)(C)C. The standard InChI is InChI=1S/C42H50F3N3O2SSi/c1-30-26-35-34-18-11-12-19-36(34)46-39(35)40(37-20-21-38(51-37)50-31-22-25-47(27-31)24-13-23-43)48(30)28-42(44,45)29-49-52(41(2,3)4,32-14-7-5-8-15-32)33-16-9-6-10-17-33/h5-12,14-21,30-31,40,46H,13,22-29H2,1-4H3/t30-,31-,40-/m1/s1. The minimum atomic E-state index is -3.17. The van der Waals surface area contributed by atoms with E-state index >= 15 is 8.78 Å². The fraction of sp³-hybridized carbons (Fsp3) is 0.429. The molecule has 3 atom stereocenters. The topological polar surface area (TPSA) is 40.7 Å². The van der Waals surface area contributed by atoms with E-state index in [9.17, 15) is 4.39 Å². The van der Waals surface area contributed by atoms with Gasteiger partial charge in [0.2, 0.25) is 0 Å². The number of halogens is 3. The van der Waals surface area contributed by atoms with Gasteiger partial charge in [0.15, 0.2) is 5.06 Å². The Morgan fingerprint density at radius 2 is 1.58 bits per heavy atom. The largest absolute Gasteiger partial charge is 0.479 e. The van der Waals surface area contributed by atoms with Crippen molar-refractivity contribution in [3.8, 4) is 5.06 Å². The summed E-state index contributed by atoms with van der Waals surface area (Å²) in [4.78, 5) is 8.82. The molecule has 2 aliphatic heterocycles. The van der Waals surface area contributed by atoms with Crippen LogP contribution in [0.3, 0.4) is 0 Å². The van der Waals surface area contributed by atoms with Crippen molar-refractivity contribution in [2.24, 2.45) is 0 Å². The van der Waals surface area contributed by atoms with Crippen LogP contribution in [0, 0.1) is 0 Å². The van der Waals surface area contributed by atoms with E-state index in [1.54, 1.807) is 0 Å². The summed E-state index contributed by atoms with van der Waals surface area (Å²) in [6, 6.07) is 31.6. The minimum Gasteiger partial charge on any atom is -0.479 e. The number of benzene rings is 3. The normalized spacial score (nSPS) is 20.4. The van der Waals surface area contributed by atoms with Gasteiger partial charge < -0.3 is 14.1 Å². The summed E-state index contributed by atoms with van der Waals surface area (Å²) in [7, 11) is -3.17. The van der Waals surface area contributed by atoms with Gasteiger partial charge in [-0.3, -0.25) is 14.2 Å². The number of aromatic amines is 1. The Morgan fingerprint density at radius 1 is 0.904 bits per heavy atom. The Balaban J connectivity index is 1.19. The van der Waals surface area contributed by atoms with E-state index in [1.165, 1.54) is 16.9 Å². The van der Waals surface area contributed by atoms with Crippen molar-refractivity contribution in [2.75, 3.05) is 39.5 Å². The number of rotatable bonds is 13. The summed E-state index contributed by atoms with van der Waals surface area (Å²) in [5, 5.41) is 3.47. The van der Waals surface area contributed by atoms with Crippen LogP contribution in [-0.2, 0) is 10.8 Å². The summed E-state index contributed by atoms with van der Waals surface area (Å²) < 4.78 is 59.6. The molecule has 1 N–H and O–H groups in total. The molecule has 4 heterocycles. The Bertz CT molecular complexity index is 1890. The molecule has 0 bridgehead atoms. The number of ether oxygens (including phenoxy) is 1. The van der Waals surface area contributed by atoms with Crippen LogP contribution in [0.15, 0.2) is 97.1 Å². The van der Waals surface area contributed by atoms with Gasteiger partial charge in [-0.2, -0.15) is 0 Å². The van der Waals surface area contributed by atoms with E-state index in [0.717, 1.165) is 63.0 Å². The molecule has 0 radical (unpaired) electrons. The lowest BCUT2D eigenvalue weighted by molar-refractivity contribution is -0.0818. The number of thiophene rings is 1. The molecule has 0 aliphatic carbocycles. The highest BCUT2D eigenvalue weighted by Gasteiger charge is 2.52. The predicted molar refractivity (Wildman–Crippen MR) is 209 cm³/mol. The van der Waals surface area contributed by atoms with Crippen LogP contribution >= 0.6 is 11.3 Å². The molecule has 0 saturated carbocycles. The fourth-order valence-corrected chi connectivity index (χ4v) is 14.1. The number of nitrogens with zero attached hydrogens (tertiary/aromatic N) is 2. The van der Waals surface area contributed by atoms with Gasteiger partial charge in [-0.05, 0) is 65.4 Å². The van der Waals surface area contributed by atoms with Crippen LogP contribution in [0.1, 0.15) is 62.7 Å². The number of H-pyrrole nitrogens is 1. The molecule has 276 valence electrons. The first-order valence-corrected chi connectivity index (χ1v) is 21.2. The fourth-order valence-electron chi connectivity index (χ4n) is 8.44. The van der Waals surface area contributed by atoms with Crippen molar-refractivity contribution in [1.29, 1.82) is 0 Å². The van der Waals surface area contributed by atoms with E-state index in [2.05, 4.69) is 49.7 Å². The van der Waals surface area contributed by atoms with Crippen molar-refractivity contribution in [3.05, 3.63) is 113 Å². The van der Waals surface area contributed by atoms with E-state index in [4.69, 9.17) is 9.16 Å². The zero-order valence-corrected chi connectivity index (χ0v) is 32.4. The van der Waals surface area contributed by atoms with Crippen molar-refractivity contribution in [2.45, 2.75) is 76.1 Å². The van der Waals surface area contributed by atoms with Gasteiger partial charge in [-0.1, -0.05) is 99.6 Å². The van der Waals surface area contributed by atoms with Crippen LogP contribution in [0.4, 0.5) is 13.2 Å². The number of aromatic nitrogens is 1. The van der Waals surface area contributed by atoms with Crippen LogP contribution in [0.25, 0.3) is 10.9 Å². The van der Waals surface area contributed by atoms with Gasteiger partial charge >= 0.3 is 0 Å².